The van der Waals surface area contributed by atoms with E-state index in [4.69, 9.17) is 4.74 Å². The van der Waals surface area contributed by atoms with Crippen molar-refractivity contribution >= 4 is 11.9 Å². The van der Waals surface area contributed by atoms with Crippen LogP contribution in [0.1, 0.15) is 16.1 Å². The number of methoxy groups -OCH3 is 1. The molecule has 0 spiro atoms. The minimum Gasteiger partial charge on any atom is -0.496 e. The van der Waals surface area contributed by atoms with E-state index in [9.17, 15) is 4.79 Å². The minimum absolute atomic E-state index is 0.0892. The molecule has 92 valence electrons. The number of benzene rings is 1. The summed E-state index contributed by atoms with van der Waals surface area (Å²) in [5, 5.41) is 4.03. The van der Waals surface area contributed by atoms with Crippen LogP contribution in [0.25, 0.3) is 6.08 Å². The number of ketones is 1. The predicted octanol–water partition coefficient (Wildman–Crippen LogP) is 2.32. The van der Waals surface area contributed by atoms with Crippen molar-refractivity contribution in [3.63, 3.8) is 0 Å². The number of carbonyl (C=O) groups is 1. The van der Waals surface area contributed by atoms with Gasteiger partial charge in [0.15, 0.2) is 5.78 Å². The van der Waals surface area contributed by atoms with Crippen molar-refractivity contribution in [2.75, 3.05) is 7.11 Å². The summed E-state index contributed by atoms with van der Waals surface area (Å²) in [7, 11) is 3.38. The van der Waals surface area contributed by atoms with E-state index < -0.39 is 0 Å². The molecule has 18 heavy (non-hydrogen) atoms. The highest BCUT2D eigenvalue weighted by Gasteiger charge is 2.08. The van der Waals surface area contributed by atoms with Crippen molar-refractivity contribution < 1.29 is 9.53 Å². The largest absolute Gasteiger partial charge is 0.496 e. The Hall–Kier alpha value is -2.36. The Labute approximate surface area is 106 Å². The predicted molar refractivity (Wildman–Crippen MR) is 69.6 cm³/mol. The Morgan fingerprint density at radius 3 is 2.78 bits per heavy atom. The fraction of sp³-hybridized carbons (Fsp3) is 0.143. The van der Waals surface area contributed by atoms with Crippen LogP contribution < -0.4 is 4.74 Å². The van der Waals surface area contributed by atoms with Crippen molar-refractivity contribution in [3.05, 3.63) is 53.9 Å². The summed E-state index contributed by atoms with van der Waals surface area (Å²) in [4.78, 5) is 12.0. The second kappa shape index (κ2) is 5.31. The molecule has 2 rings (SSSR count). The highest BCUT2D eigenvalue weighted by molar-refractivity contribution is 6.08. The Kier molecular flexibility index (Phi) is 3.57. The third kappa shape index (κ3) is 2.48. The van der Waals surface area contributed by atoms with Gasteiger partial charge in [0.1, 0.15) is 5.75 Å². The lowest BCUT2D eigenvalue weighted by molar-refractivity contribution is 0.104. The molecule has 0 saturated heterocycles. The van der Waals surface area contributed by atoms with Crippen molar-refractivity contribution in [2.45, 2.75) is 0 Å². The smallest absolute Gasteiger partial charge is 0.189 e. The molecule has 0 amide bonds. The van der Waals surface area contributed by atoms with Gasteiger partial charge in [-0.05, 0) is 30.4 Å². The Morgan fingerprint density at radius 1 is 1.33 bits per heavy atom. The van der Waals surface area contributed by atoms with E-state index in [0.29, 0.717) is 11.3 Å². The lowest BCUT2D eigenvalue weighted by Crippen LogP contribution is -1.99. The number of ether oxygens (including phenoxy) is 1. The maximum absolute atomic E-state index is 12.0. The second-order valence-corrected chi connectivity index (χ2v) is 3.78. The van der Waals surface area contributed by atoms with Crippen LogP contribution in [0.5, 0.6) is 5.75 Å². The van der Waals surface area contributed by atoms with Gasteiger partial charge in [0.25, 0.3) is 0 Å². The first kappa shape index (κ1) is 12.1. The quantitative estimate of drug-likeness (QED) is 0.610. The molecule has 2 aromatic rings. The van der Waals surface area contributed by atoms with Gasteiger partial charge in [-0.3, -0.25) is 9.48 Å². The topological polar surface area (TPSA) is 44.1 Å². The number of carbonyl (C=O) groups excluding carboxylic acids is 1. The van der Waals surface area contributed by atoms with E-state index in [-0.39, 0.29) is 5.78 Å². The molecule has 0 unspecified atom stereocenters. The monoisotopic (exact) mass is 242 g/mol. The van der Waals surface area contributed by atoms with E-state index in [1.807, 2.05) is 25.2 Å². The van der Waals surface area contributed by atoms with Crippen LogP contribution >= 0.6 is 0 Å². The number of aromatic nitrogens is 2. The minimum atomic E-state index is -0.0892. The van der Waals surface area contributed by atoms with E-state index in [2.05, 4.69) is 5.10 Å². The van der Waals surface area contributed by atoms with Gasteiger partial charge in [-0.1, -0.05) is 12.1 Å². The molecule has 0 atom stereocenters. The third-order valence-corrected chi connectivity index (χ3v) is 2.64. The summed E-state index contributed by atoms with van der Waals surface area (Å²) >= 11 is 0. The molecule has 0 radical (unpaired) electrons. The van der Waals surface area contributed by atoms with Crippen LogP contribution in [0.15, 0.2) is 42.6 Å². The fourth-order valence-electron chi connectivity index (χ4n) is 1.65. The van der Waals surface area contributed by atoms with Gasteiger partial charge in [0, 0.05) is 13.2 Å². The van der Waals surface area contributed by atoms with Crippen LogP contribution in [-0.2, 0) is 7.05 Å². The summed E-state index contributed by atoms with van der Waals surface area (Å²) < 4.78 is 6.86. The van der Waals surface area contributed by atoms with Crippen LogP contribution in [0.2, 0.25) is 0 Å². The van der Waals surface area contributed by atoms with Crippen LogP contribution in [0.3, 0.4) is 0 Å². The highest BCUT2D eigenvalue weighted by Crippen LogP contribution is 2.18. The van der Waals surface area contributed by atoms with Crippen molar-refractivity contribution in [3.8, 4) is 5.75 Å². The van der Waals surface area contributed by atoms with Crippen molar-refractivity contribution in [1.29, 1.82) is 0 Å². The molecule has 1 heterocycles. The SMILES string of the molecule is COc1ccccc1C(=O)/C=C/c1ccnn1C. The van der Waals surface area contributed by atoms with Crippen LogP contribution in [0, 0.1) is 0 Å². The maximum atomic E-state index is 12.0. The number of para-hydroxylation sites is 1. The maximum Gasteiger partial charge on any atom is 0.189 e. The first-order valence-corrected chi connectivity index (χ1v) is 5.56. The molecule has 0 bridgehead atoms. The first-order chi connectivity index (χ1) is 8.72. The standard InChI is InChI=1S/C14H14N2O2/c1-16-11(9-10-15-16)7-8-13(17)12-5-3-4-6-14(12)18-2/h3-10H,1-2H3/b8-7+. The van der Waals surface area contributed by atoms with Crippen LogP contribution in [-0.4, -0.2) is 22.7 Å². The van der Waals surface area contributed by atoms with Gasteiger partial charge in [-0.2, -0.15) is 5.10 Å². The Balaban J connectivity index is 2.22. The summed E-state index contributed by atoms with van der Waals surface area (Å²) in [6.45, 7) is 0. The van der Waals surface area contributed by atoms with Gasteiger partial charge < -0.3 is 4.74 Å². The van der Waals surface area contributed by atoms with Gasteiger partial charge in [0.2, 0.25) is 0 Å². The van der Waals surface area contributed by atoms with Gasteiger partial charge in [-0.25, -0.2) is 0 Å². The lowest BCUT2D eigenvalue weighted by Gasteiger charge is -2.04. The summed E-state index contributed by atoms with van der Waals surface area (Å²) in [6, 6.07) is 9.00. The molecule has 0 saturated carbocycles. The van der Waals surface area contributed by atoms with E-state index in [1.165, 1.54) is 6.08 Å². The normalized spacial score (nSPS) is 10.8. The molecule has 1 aromatic carbocycles. The number of nitrogens with zero attached hydrogens (tertiary/aromatic N) is 2. The molecule has 4 nitrogen and oxygen atoms in total. The molecular weight excluding hydrogens is 228 g/mol. The van der Waals surface area contributed by atoms with E-state index >= 15 is 0 Å². The zero-order chi connectivity index (χ0) is 13.0. The molecule has 1 aromatic heterocycles. The fourth-order valence-corrected chi connectivity index (χ4v) is 1.65. The van der Waals surface area contributed by atoms with Crippen molar-refractivity contribution in [2.24, 2.45) is 7.05 Å². The number of allylic oxidation sites excluding steroid dienone is 1. The first-order valence-electron chi connectivity index (χ1n) is 5.56. The molecule has 0 aliphatic rings. The second-order valence-electron chi connectivity index (χ2n) is 3.78. The Bertz CT molecular complexity index is 585. The number of hydrogen-bond acceptors (Lipinski definition) is 3. The molecule has 0 N–H and O–H groups in total. The van der Waals surface area contributed by atoms with Gasteiger partial charge in [0.05, 0.1) is 18.4 Å². The van der Waals surface area contributed by atoms with E-state index in [0.717, 1.165) is 5.69 Å². The zero-order valence-electron chi connectivity index (χ0n) is 10.3. The number of aryl methyl sites for hydroxylation is 1. The summed E-state index contributed by atoms with van der Waals surface area (Å²) in [5.74, 6) is 0.491. The number of rotatable bonds is 4. The summed E-state index contributed by atoms with van der Waals surface area (Å²) in [5.41, 5.74) is 1.43. The Morgan fingerprint density at radius 2 is 2.11 bits per heavy atom. The van der Waals surface area contributed by atoms with Crippen LogP contribution in [0.4, 0.5) is 0 Å². The average Bonchev–Trinajstić information content (AvgIpc) is 2.81. The molecule has 0 fully saturated rings. The number of hydrogen-bond donors (Lipinski definition) is 0. The molecule has 0 aliphatic carbocycles. The molecule has 0 aliphatic heterocycles. The van der Waals surface area contributed by atoms with Gasteiger partial charge >= 0.3 is 0 Å². The third-order valence-electron chi connectivity index (χ3n) is 2.64. The molecule has 4 heteroatoms. The zero-order valence-corrected chi connectivity index (χ0v) is 10.3. The van der Waals surface area contributed by atoms with E-state index in [1.54, 1.807) is 36.2 Å². The lowest BCUT2D eigenvalue weighted by atomic mass is 10.1. The van der Waals surface area contributed by atoms with Crippen molar-refractivity contribution in [1.82, 2.24) is 9.78 Å². The summed E-state index contributed by atoms with van der Waals surface area (Å²) in [6.07, 6.45) is 4.95. The van der Waals surface area contributed by atoms with Gasteiger partial charge in [-0.15, -0.1) is 0 Å². The molecular formula is C14H14N2O2. The average molecular weight is 242 g/mol. The highest BCUT2D eigenvalue weighted by atomic mass is 16.5.